The SMILES string of the molecule is COc1ccc(N(c2ccccc2)S(=O)(=O)c2ccccc2)cc1. The lowest BCUT2D eigenvalue weighted by molar-refractivity contribution is 0.415. The number of sulfonamides is 1. The van der Waals surface area contributed by atoms with Gasteiger partial charge in [0.05, 0.1) is 23.4 Å². The highest BCUT2D eigenvalue weighted by Crippen LogP contribution is 2.33. The van der Waals surface area contributed by atoms with Crippen LogP contribution in [0.1, 0.15) is 0 Å². The monoisotopic (exact) mass is 339 g/mol. The fourth-order valence-corrected chi connectivity index (χ4v) is 3.92. The third kappa shape index (κ3) is 3.12. The zero-order valence-corrected chi connectivity index (χ0v) is 14.0. The molecule has 0 saturated heterocycles. The maximum atomic E-state index is 13.2. The molecule has 0 fully saturated rings. The van der Waals surface area contributed by atoms with Crippen LogP contribution in [-0.2, 0) is 10.0 Å². The van der Waals surface area contributed by atoms with E-state index in [4.69, 9.17) is 4.74 Å². The quantitative estimate of drug-likeness (QED) is 0.699. The van der Waals surface area contributed by atoms with Gasteiger partial charge < -0.3 is 4.74 Å². The number of methoxy groups -OCH3 is 1. The van der Waals surface area contributed by atoms with Gasteiger partial charge in [-0.25, -0.2) is 12.7 Å². The molecule has 0 amide bonds. The van der Waals surface area contributed by atoms with E-state index in [1.807, 2.05) is 18.2 Å². The summed E-state index contributed by atoms with van der Waals surface area (Å²) in [6, 6.07) is 24.4. The maximum Gasteiger partial charge on any atom is 0.268 e. The van der Waals surface area contributed by atoms with Crippen LogP contribution in [0.15, 0.2) is 89.8 Å². The van der Waals surface area contributed by atoms with Gasteiger partial charge in [-0.15, -0.1) is 0 Å². The molecular weight excluding hydrogens is 322 g/mol. The minimum Gasteiger partial charge on any atom is -0.497 e. The molecule has 5 heteroatoms. The van der Waals surface area contributed by atoms with Crippen molar-refractivity contribution in [2.24, 2.45) is 0 Å². The minimum atomic E-state index is -3.73. The van der Waals surface area contributed by atoms with Crippen LogP contribution in [0, 0.1) is 0 Å². The molecule has 0 aliphatic rings. The molecule has 0 N–H and O–H groups in total. The zero-order chi connectivity index (χ0) is 17.0. The van der Waals surface area contributed by atoms with Gasteiger partial charge in [-0.1, -0.05) is 36.4 Å². The van der Waals surface area contributed by atoms with Crippen LogP contribution in [0.25, 0.3) is 0 Å². The summed E-state index contributed by atoms with van der Waals surface area (Å²) in [7, 11) is -2.16. The smallest absolute Gasteiger partial charge is 0.268 e. The van der Waals surface area contributed by atoms with Gasteiger partial charge in [0.15, 0.2) is 0 Å². The van der Waals surface area contributed by atoms with Crippen LogP contribution >= 0.6 is 0 Å². The number of hydrogen-bond acceptors (Lipinski definition) is 3. The van der Waals surface area contributed by atoms with Crippen molar-refractivity contribution in [1.29, 1.82) is 0 Å². The standard InChI is InChI=1S/C19H17NO3S/c1-23-18-14-12-17(13-15-18)20(16-8-4-2-5-9-16)24(21,22)19-10-6-3-7-11-19/h2-15H,1H3. The molecule has 4 nitrogen and oxygen atoms in total. The highest BCUT2D eigenvalue weighted by Gasteiger charge is 2.26. The van der Waals surface area contributed by atoms with Crippen molar-refractivity contribution in [2.75, 3.05) is 11.4 Å². The topological polar surface area (TPSA) is 46.6 Å². The first kappa shape index (κ1) is 16.1. The van der Waals surface area contributed by atoms with Crippen molar-refractivity contribution < 1.29 is 13.2 Å². The number of anilines is 2. The Bertz CT molecular complexity index is 892. The van der Waals surface area contributed by atoms with E-state index in [-0.39, 0.29) is 4.90 Å². The van der Waals surface area contributed by atoms with Crippen molar-refractivity contribution in [3.8, 4) is 5.75 Å². The molecular formula is C19H17NO3S. The van der Waals surface area contributed by atoms with E-state index < -0.39 is 10.0 Å². The van der Waals surface area contributed by atoms with Crippen LogP contribution in [0.5, 0.6) is 5.75 Å². The highest BCUT2D eigenvalue weighted by molar-refractivity contribution is 7.93. The molecule has 0 unspecified atom stereocenters. The normalized spacial score (nSPS) is 11.0. The van der Waals surface area contributed by atoms with E-state index in [9.17, 15) is 8.42 Å². The molecule has 0 radical (unpaired) electrons. The van der Waals surface area contributed by atoms with Gasteiger partial charge in [0.2, 0.25) is 0 Å². The molecule has 3 rings (SSSR count). The molecule has 0 spiro atoms. The first-order chi connectivity index (χ1) is 11.6. The van der Waals surface area contributed by atoms with Gasteiger partial charge in [0.25, 0.3) is 10.0 Å². The highest BCUT2D eigenvalue weighted by atomic mass is 32.2. The zero-order valence-electron chi connectivity index (χ0n) is 13.2. The van der Waals surface area contributed by atoms with E-state index in [0.717, 1.165) is 0 Å². The van der Waals surface area contributed by atoms with Gasteiger partial charge in [0, 0.05) is 0 Å². The van der Waals surface area contributed by atoms with Crippen molar-refractivity contribution in [3.05, 3.63) is 84.9 Å². The molecule has 0 aliphatic heterocycles. The van der Waals surface area contributed by atoms with Gasteiger partial charge in [-0.05, 0) is 48.5 Å². The summed E-state index contributed by atoms with van der Waals surface area (Å²) in [4.78, 5) is 0.240. The Morgan fingerprint density at radius 1 is 0.708 bits per heavy atom. The molecule has 0 aliphatic carbocycles. The molecule has 0 heterocycles. The fourth-order valence-electron chi connectivity index (χ4n) is 2.41. The third-order valence-electron chi connectivity index (χ3n) is 3.58. The average molecular weight is 339 g/mol. The molecule has 3 aromatic carbocycles. The number of rotatable bonds is 5. The average Bonchev–Trinajstić information content (AvgIpc) is 2.64. The second-order valence-electron chi connectivity index (χ2n) is 5.12. The Kier molecular flexibility index (Phi) is 4.53. The fraction of sp³-hybridized carbons (Fsp3) is 0.0526. The molecule has 3 aromatic rings. The van der Waals surface area contributed by atoms with Gasteiger partial charge >= 0.3 is 0 Å². The summed E-state index contributed by atoms with van der Waals surface area (Å²) >= 11 is 0. The molecule has 0 aromatic heterocycles. The Labute approximate surface area is 142 Å². The Hall–Kier alpha value is -2.79. The van der Waals surface area contributed by atoms with Crippen LogP contribution in [0.4, 0.5) is 11.4 Å². The summed E-state index contributed by atoms with van der Waals surface area (Å²) in [6.45, 7) is 0. The van der Waals surface area contributed by atoms with Crippen LogP contribution in [-0.4, -0.2) is 15.5 Å². The van der Waals surface area contributed by atoms with E-state index in [1.165, 1.54) is 4.31 Å². The summed E-state index contributed by atoms with van der Waals surface area (Å²) in [5.41, 5.74) is 1.12. The van der Waals surface area contributed by atoms with Crippen LogP contribution < -0.4 is 9.04 Å². The molecule has 122 valence electrons. The number of benzene rings is 3. The Morgan fingerprint density at radius 2 is 1.21 bits per heavy atom. The molecule has 0 atom stereocenters. The second kappa shape index (κ2) is 6.76. The number of para-hydroxylation sites is 1. The number of hydrogen-bond donors (Lipinski definition) is 0. The summed E-state index contributed by atoms with van der Waals surface area (Å²) < 4.78 is 32.9. The van der Waals surface area contributed by atoms with Crippen molar-refractivity contribution in [3.63, 3.8) is 0 Å². The van der Waals surface area contributed by atoms with E-state index in [0.29, 0.717) is 17.1 Å². The Morgan fingerprint density at radius 3 is 1.75 bits per heavy atom. The number of ether oxygens (including phenoxy) is 1. The van der Waals surface area contributed by atoms with E-state index >= 15 is 0 Å². The predicted molar refractivity (Wildman–Crippen MR) is 95.2 cm³/mol. The number of nitrogens with zero attached hydrogens (tertiary/aromatic N) is 1. The van der Waals surface area contributed by atoms with Crippen molar-refractivity contribution >= 4 is 21.4 Å². The molecule has 24 heavy (non-hydrogen) atoms. The molecule has 0 bridgehead atoms. The first-order valence-corrected chi connectivity index (χ1v) is 8.86. The predicted octanol–water partition coefficient (Wildman–Crippen LogP) is 4.22. The summed E-state index contributed by atoms with van der Waals surface area (Å²) in [5, 5.41) is 0. The van der Waals surface area contributed by atoms with Crippen LogP contribution in [0.3, 0.4) is 0 Å². The van der Waals surface area contributed by atoms with Crippen molar-refractivity contribution in [1.82, 2.24) is 0 Å². The Balaban J connectivity index is 2.15. The van der Waals surface area contributed by atoms with Gasteiger partial charge in [-0.3, -0.25) is 0 Å². The van der Waals surface area contributed by atoms with Crippen molar-refractivity contribution in [2.45, 2.75) is 4.90 Å². The van der Waals surface area contributed by atoms with Gasteiger partial charge in [-0.2, -0.15) is 0 Å². The lowest BCUT2D eigenvalue weighted by Gasteiger charge is -2.24. The second-order valence-corrected chi connectivity index (χ2v) is 6.90. The largest absolute Gasteiger partial charge is 0.497 e. The first-order valence-electron chi connectivity index (χ1n) is 7.42. The lowest BCUT2D eigenvalue weighted by Crippen LogP contribution is -2.26. The summed E-state index contributed by atoms with van der Waals surface area (Å²) in [5.74, 6) is 0.670. The van der Waals surface area contributed by atoms with E-state index in [1.54, 1.807) is 73.8 Å². The van der Waals surface area contributed by atoms with Crippen LogP contribution in [0.2, 0.25) is 0 Å². The van der Waals surface area contributed by atoms with Gasteiger partial charge in [0.1, 0.15) is 5.75 Å². The van der Waals surface area contributed by atoms with E-state index in [2.05, 4.69) is 0 Å². The minimum absolute atomic E-state index is 0.240. The molecule has 0 saturated carbocycles. The third-order valence-corrected chi connectivity index (χ3v) is 5.35. The summed E-state index contributed by atoms with van der Waals surface area (Å²) in [6.07, 6.45) is 0. The maximum absolute atomic E-state index is 13.2. The lowest BCUT2D eigenvalue weighted by atomic mass is 10.2.